The summed E-state index contributed by atoms with van der Waals surface area (Å²) in [6, 6.07) is 13.9. The monoisotopic (exact) mass is 485 g/mol. The first-order chi connectivity index (χ1) is 16.5. The third kappa shape index (κ3) is 5.63. The largest absolute Gasteiger partial charge is 0.493 e. The van der Waals surface area contributed by atoms with Gasteiger partial charge in [-0.1, -0.05) is 36.0 Å². The number of furan rings is 1. The minimum Gasteiger partial charge on any atom is -0.493 e. The van der Waals surface area contributed by atoms with E-state index in [0.717, 1.165) is 10.9 Å². The summed E-state index contributed by atoms with van der Waals surface area (Å²) < 4.78 is 40.7. The van der Waals surface area contributed by atoms with Crippen molar-refractivity contribution in [2.75, 3.05) is 13.7 Å². The van der Waals surface area contributed by atoms with E-state index in [-0.39, 0.29) is 29.7 Å². The fourth-order valence-electron chi connectivity index (χ4n) is 3.39. The van der Waals surface area contributed by atoms with Crippen molar-refractivity contribution in [3.63, 3.8) is 0 Å². The molecule has 0 atom stereocenters. The molecule has 7 nitrogen and oxygen atoms in total. The fourth-order valence-corrected chi connectivity index (χ4v) is 4.22. The zero-order chi connectivity index (χ0) is 23.9. The van der Waals surface area contributed by atoms with Crippen LogP contribution >= 0.6 is 11.8 Å². The van der Waals surface area contributed by atoms with Crippen molar-refractivity contribution in [3.05, 3.63) is 77.8 Å². The number of amides is 1. The topological polar surface area (TPSA) is 86.5 Å². The standard InChI is InChI=1S/C24H21F2N3O4S/c1-31-19-8-7-15(13-20(19)33-23(25)26)9-12-27-22(30)21-17(14-34-24-28-10-4-11-29-24)16-5-2-3-6-18(16)32-21/h2-8,10-11,13,23H,9,12,14H2,1H3,(H,27,30). The molecule has 2 aromatic carbocycles. The zero-order valence-corrected chi connectivity index (χ0v) is 19.0. The van der Waals surface area contributed by atoms with Gasteiger partial charge in [0.05, 0.1) is 7.11 Å². The molecule has 2 heterocycles. The highest BCUT2D eigenvalue weighted by atomic mass is 32.2. The number of aromatic nitrogens is 2. The highest BCUT2D eigenvalue weighted by molar-refractivity contribution is 7.98. The third-order valence-electron chi connectivity index (χ3n) is 4.94. The lowest BCUT2D eigenvalue weighted by Crippen LogP contribution is -2.26. The number of thioether (sulfide) groups is 1. The van der Waals surface area contributed by atoms with Gasteiger partial charge in [0, 0.05) is 35.6 Å². The molecular weight excluding hydrogens is 464 g/mol. The Hall–Kier alpha value is -3.66. The van der Waals surface area contributed by atoms with Gasteiger partial charge in [0.1, 0.15) is 5.58 Å². The van der Waals surface area contributed by atoms with E-state index in [0.29, 0.717) is 28.5 Å². The van der Waals surface area contributed by atoms with Crippen molar-refractivity contribution in [3.8, 4) is 11.5 Å². The van der Waals surface area contributed by atoms with E-state index in [1.807, 2.05) is 18.2 Å². The smallest absolute Gasteiger partial charge is 0.387 e. The average Bonchev–Trinajstić information content (AvgIpc) is 3.22. The van der Waals surface area contributed by atoms with E-state index < -0.39 is 6.61 Å². The number of nitrogens with one attached hydrogen (secondary N) is 1. The maximum atomic E-state index is 13.0. The molecule has 176 valence electrons. The van der Waals surface area contributed by atoms with E-state index in [1.54, 1.807) is 36.7 Å². The van der Waals surface area contributed by atoms with Crippen LogP contribution in [0.25, 0.3) is 11.0 Å². The molecule has 4 aromatic rings. The SMILES string of the molecule is COc1ccc(CCNC(=O)c2oc3ccccc3c2CSc2ncccn2)cc1OC(F)F. The van der Waals surface area contributed by atoms with Crippen LogP contribution in [-0.2, 0) is 12.2 Å². The number of benzene rings is 2. The fraction of sp³-hybridized carbons (Fsp3) is 0.208. The van der Waals surface area contributed by atoms with Gasteiger partial charge in [0.15, 0.2) is 22.4 Å². The first-order valence-electron chi connectivity index (χ1n) is 10.4. The molecule has 2 aromatic heterocycles. The van der Waals surface area contributed by atoms with E-state index in [9.17, 15) is 13.6 Å². The van der Waals surface area contributed by atoms with Gasteiger partial charge in [0.25, 0.3) is 5.91 Å². The van der Waals surface area contributed by atoms with Gasteiger partial charge in [-0.15, -0.1) is 0 Å². The number of para-hydroxylation sites is 1. The number of fused-ring (bicyclic) bond motifs is 1. The van der Waals surface area contributed by atoms with Crippen LogP contribution in [-0.4, -0.2) is 36.1 Å². The van der Waals surface area contributed by atoms with Crippen molar-refractivity contribution in [2.24, 2.45) is 0 Å². The molecule has 10 heteroatoms. The molecule has 0 spiro atoms. The third-order valence-corrected chi connectivity index (χ3v) is 5.84. The van der Waals surface area contributed by atoms with Crippen LogP contribution in [0.1, 0.15) is 21.7 Å². The zero-order valence-electron chi connectivity index (χ0n) is 18.2. The molecule has 0 aliphatic heterocycles. The van der Waals surface area contributed by atoms with Crippen LogP contribution in [0.4, 0.5) is 8.78 Å². The molecule has 0 fully saturated rings. The Kier molecular flexibility index (Phi) is 7.58. The molecule has 0 bridgehead atoms. The molecule has 0 unspecified atom stereocenters. The number of carbonyl (C=O) groups excluding carboxylic acids is 1. The number of methoxy groups -OCH3 is 1. The second-order valence-corrected chi connectivity index (χ2v) is 8.04. The van der Waals surface area contributed by atoms with Gasteiger partial charge in [-0.25, -0.2) is 9.97 Å². The summed E-state index contributed by atoms with van der Waals surface area (Å²) in [5.41, 5.74) is 2.07. The molecule has 0 saturated carbocycles. The number of hydrogen-bond donors (Lipinski definition) is 1. The Labute approximate surface area is 198 Å². The average molecular weight is 486 g/mol. The molecule has 0 saturated heterocycles. The summed E-state index contributed by atoms with van der Waals surface area (Å²) in [5, 5.41) is 4.29. The molecule has 0 aliphatic carbocycles. The summed E-state index contributed by atoms with van der Waals surface area (Å²) in [6.45, 7) is -2.69. The van der Waals surface area contributed by atoms with Crippen molar-refractivity contribution < 1.29 is 27.5 Å². The molecule has 0 aliphatic rings. The highest BCUT2D eigenvalue weighted by Crippen LogP contribution is 2.31. The number of carbonyl (C=O) groups is 1. The Morgan fingerprint density at radius 2 is 1.91 bits per heavy atom. The van der Waals surface area contributed by atoms with Crippen LogP contribution < -0.4 is 14.8 Å². The van der Waals surface area contributed by atoms with Gasteiger partial charge in [0.2, 0.25) is 0 Å². The quantitative estimate of drug-likeness (QED) is 0.247. The second kappa shape index (κ2) is 11.0. The summed E-state index contributed by atoms with van der Waals surface area (Å²) >= 11 is 1.41. The minimum atomic E-state index is -2.96. The predicted molar refractivity (Wildman–Crippen MR) is 123 cm³/mol. The van der Waals surface area contributed by atoms with Crippen molar-refractivity contribution in [1.29, 1.82) is 0 Å². The lowest BCUT2D eigenvalue weighted by molar-refractivity contribution is -0.0512. The minimum absolute atomic E-state index is 0.0546. The number of ether oxygens (including phenoxy) is 2. The number of halogens is 2. The lowest BCUT2D eigenvalue weighted by atomic mass is 10.1. The summed E-state index contributed by atoms with van der Waals surface area (Å²) in [7, 11) is 1.38. The first kappa shape index (κ1) is 23.5. The van der Waals surface area contributed by atoms with E-state index >= 15 is 0 Å². The van der Waals surface area contributed by atoms with E-state index in [1.165, 1.54) is 24.9 Å². The highest BCUT2D eigenvalue weighted by Gasteiger charge is 2.21. The van der Waals surface area contributed by atoms with Crippen LogP contribution in [0.3, 0.4) is 0 Å². The van der Waals surface area contributed by atoms with Gasteiger partial charge in [-0.3, -0.25) is 4.79 Å². The number of alkyl halides is 2. The maximum Gasteiger partial charge on any atom is 0.387 e. The molecule has 34 heavy (non-hydrogen) atoms. The van der Waals surface area contributed by atoms with Gasteiger partial charge < -0.3 is 19.2 Å². The molecular formula is C24H21F2N3O4S. The molecule has 0 radical (unpaired) electrons. The van der Waals surface area contributed by atoms with Crippen LogP contribution in [0, 0.1) is 0 Å². The first-order valence-corrected chi connectivity index (χ1v) is 11.3. The maximum absolute atomic E-state index is 13.0. The summed E-state index contributed by atoms with van der Waals surface area (Å²) in [4.78, 5) is 21.4. The summed E-state index contributed by atoms with van der Waals surface area (Å²) in [6.07, 6.45) is 3.72. The van der Waals surface area contributed by atoms with Crippen LogP contribution in [0.5, 0.6) is 11.5 Å². The summed E-state index contributed by atoms with van der Waals surface area (Å²) in [5.74, 6) is 0.469. The van der Waals surface area contributed by atoms with E-state index in [4.69, 9.17) is 9.15 Å². The van der Waals surface area contributed by atoms with Gasteiger partial charge in [-0.05, 0) is 36.2 Å². The Balaban J connectivity index is 1.46. The van der Waals surface area contributed by atoms with Crippen molar-refractivity contribution in [1.82, 2.24) is 15.3 Å². The van der Waals surface area contributed by atoms with Gasteiger partial charge >= 0.3 is 6.61 Å². The number of hydrogen-bond acceptors (Lipinski definition) is 7. The normalized spacial score (nSPS) is 11.1. The van der Waals surface area contributed by atoms with Crippen LogP contribution in [0.2, 0.25) is 0 Å². The molecule has 4 rings (SSSR count). The predicted octanol–water partition coefficient (Wildman–Crippen LogP) is 5.10. The Morgan fingerprint density at radius 1 is 1.12 bits per heavy atom. The number of nitrogens with zero attached hydrogens (tertiary/aromatic N) is 2. The van der Waals surface area contributed by atoms with Gasteiger partial charge in [-0.2, -0.15) is 8.78 Å². The Bertz CT molecular complexity index is 1270. The van der Waals surface area contributed by atoms with Crippen LogP contribution in [0.15, 0.2) is 70.5 Å². The van der Waals surface area contributed by atoms with E-state index in [2.05, 4.69) is 20.0 Å². The lowest BCUT2D eigenvalue weighted by Gasteiger charge is -2.12. The number of rotatable bonds is 10. The Morgan fingerprint density at radius 3 is 2.68 bits per heavy atom. The van der Waals surface area contributed by atoms with Crippen molar-refractivity contribution >= 4 is 28.6 Å². The molecule has 1 N–H and O–H groups in total. The molecule has 1 amide bonds. The second-order valence-electron chi connectivity index (χ2n) is 7.10. The van der Waals surface area contributed by atoms with Crippen molar-refractivity contribution in [2.45, 2.75) is 23.9 Å².